The number of aromatic hydroxyl groups is 1. The van der Waals surface area contributed by atoms with Gasteiger partial charge in [0, 0.05) is 6.42 Å². The van der Waals surface area contributed by atoms with Crippen LogP contribution in [0.1, 0.15) is 50.4 Å². The second kappa shape index (κ2) is 8.95. The van der Waals surface area contributed by atoms with Crippen LogP contribution in [0.2, 0.25) is 0 Å². The zero-order valence-electron chi connectivity index (χ0n) is 18.9. The lowest BCUT2D eigenvalue weighted by Gasteiger charge is -2.14. The van der Waals surface area contributed by atoms with Gasteiger partial charge in [-0.25, -0.2) is 14.6 Å². The number of carbonyl (C=O) groups excluding carboxylic acids is 1. The van der Waals surface area contributed by atoms with Gasteiger partial charge in [-0.15, -0.1) is 0 Å². The SMILES string of the molecule is CC(OC(=O)c1ccc2cc(O)c(Cc3ccc(C(=O)O)cc3)cc2c1)c1ccc2[nH]cnc2c1. The number of benzene rings is 4. The Labute approximate surface area is 200 Å². The van der Waals surface area contributed by atoms with Crippen molar-refractivity contribution in [2.45, 2.75) is 19.4 Å². The number of fused-ring (bicyclic) bond motifs is 2. The van der Waals surface area contributed by atoms with Gasteiger partial charge in [-0.05, 0) is 82.9 Å². The molecule has 4 aromatic carbocycles. The number of carboxylic acid groups (broad SMARTS) is 1. The quantitative estimate of drug-likeness (QED) is 0.280. The monoisotopic (exact) mass is 466 g/mol. The number of ether oxygens (including phenoxy) is 1. The Morgan fingerprint density at radius 2 is 1.71 bits per heavy atom. The first-order valence-corrected chi connectivity index (χ1v) is 11.1. The lowest BCUT2D eigenvalue weighted by atomic mass is 9.98. The van der Waals surface area contributed by atoms with Gasteiger partial charge in [0.25, 0.3) is 0 Å². The third-order valence-corrected chi connectivity index (χ3v) is 6.07. The first-order chi connectivity index (χ1) is 16.9. The van der Waals surface area contributed by atoms with Crippen molar-refractivity contribution in [1.82, 2.24) is 9.97 Å². The molecule has 35 heavy (non-hydrogen) atoms. The Kier molecular flexibility index (Phi) is 5.66. The highest BCUT2D eigenvalue weighted by molar-refractivity contribution is 5.96. The van der Waals surface area contributed by atoms with E-state index in [9.17, 15) is 14.7 Å². The van der Waals surface area contributed by atoms with Crippen LogP contribution in [0.5, 0.6) is 5.75 Å². The minimum atomic E-state index is -0.986. The number of aromatic nitrogens is 2. The van der Waals surface area contributed by atoms with E-state index in [4.69, 9.17) is 9.84 Å². The van der Waals surface area contributed by atoms with Crippen molar-refractivity contribution in [1.29, 1.82) is 0 Å². The van der Waals surface area contributed by atoms with Crippen molar-refractivity contribution in [3.05, 3.63) is 107 Å². The molecule has 5 rings (SSSR count). The number of nitrogens with one attached hydrogen (secondary N) is 1. The fourth-order valence-corrected chi connectivity index (χ4v) is 4.08. The highest BCUT2D eigenvalue weighted by atomic mass is 16.5. The Bertz CT molecular complexity index is 1570. The summed E-state index contributed by atoms with van der Waals surface area (Å²) in [6.45, 7) is 1.82. The number of H-pyrrole nitrogens is 1. The number of imidazole rings is 1. The van der Waals surface area contributed by atoms with E-state index in [1.807, 2.05) is 31.2 Å². The summed E-state index contributed by atoms with van der Waals surface area (Å²) in [5.74, 6) is -1.29. The van der Waals surface area contributed by atoms with Crippen LogP contribution in [0, 0.1) is 0 Å². The maximum Gasteiger partial charge on any atom is 0.338 e. The predicted octanol–water partition coefficient (Wildman–Crippen LogP) is 5.63. The summed E-state index contributed by atoms with van der Waals surface area (Å²) in [5.41, 5.74) is 4.72. The summed E-state index contributed by atoms with van der Waals surface area (Å²) in [5, 5.41) is 21.2. The molecule has 0 saturated heterocycles. The van der Waals surface area contributed by atoms with Crippen LogP contribution in [0.4, 0.5) is 0 Å². The number of nitrogens with zero attached hydrogens (tertiary/aromatic N) is 1. The maximum absolute atomic E-state index is 12.9. The van der Waals surface area contributed by atoms with Crippen LogP contribution < -0.4 is 0 Å². The zero-order valence-corrected chi connectivity index (χ0v) is 18.9. The molecular formula is C28H22N2O5. The van der Waals surface area contributed by atoms with Crippen LogP contribution in [0.15, 0.2) is 79.1 Å². The van der Waals surface area contributed by atoms with Crippen LogP contribution in [0.3, 0.4) is 0 Å². The first kappa shape index (κ1) is 22.2. The molecule has 0 radical (unpaired) electrons. The minimum absolute atomic E-state index is 0.137. The van der Waals surface area contributed by atoms with E-state index in [2.05, 4.69) is 9.97 Å². The number of hydrogen-bond acceptors (Lipinski definition) is 5. The van der Waals surface area contributed by atoms with Crippen LogP contribution >= 0.6 is 0 Å². The number of carbonyl (C=O) groups is 2. The van der Waals surface area contributed by atoms with Gasteiger partial charge in [0.05, 0.1) is 28.5 Å². The lowest BCUT2D eigenvalue weighted by Crippen LogP contribution is -2.09. The smallest absolute Gasteiger partial charge is 0.338 e. The highest BCUT2D eigenvalue weighted by Crippen LogP contribution is 2.29. The molecule has 0 aliphatic heterocycles. The van der Waals surface area contributed by atoms with Gasteiger partial charge in [-0.1, -0.05) is 24.3 Å². The fraction of sp³-hybridized carbons (Fsp3) is 0.107. The Morgan fingerprint density at radius 3 is 2.49 bits per heavy atom. The molecule has 0 fully saturated rings. The van der Waals surface area contributed by atoms with E-state index in [0.29, 0.717) is 17.5 Å². The van der Waals surface area contributed by atoms with E-state index >= 15 is 0 Å². The second-order valence-corrected chi connectivity index (χ2v) is 8.45. The summed E-state index contributed by atoms with van der Waals surface area (Å²) in [6, 6.07) is 20.9. The Balaban J connectivity index is 1.37. The van der Waals surface area contributed by atoms with E-state index in [0.717, 1.165) is 32.9 Å². The molecule has 7 heteroatoms. The number of aromatic amines is 1. The van der Waals surface area contributed by atoms with Gasteiger partial charge >= 0.3 is 11.9 Å². The van der Waals surface area contributed by atoms with Gasteiger partial charge in [-0.3, -0.25) is 0 Å². The number of phenols is 1. The number of rotatable bonds is 6. The van der Waals surface area contributed by atoms with Gasteiger partial charge in [-0.2, -0.15) is 0 Å². The topological polar surface area (TPSA) is 113 Å². The average Bonchev–Trinajstić information content (AvgIpc) is 3.32. The molecule has 1 unspecified atom stereocenters. The third-order valence-electron chi connectivity index (χ3n) is 6.07. The molecule has 3 N–H and O–H groups in total. The molecule has 1 aromatic heterocycles. The molecule has 0 saturated carbocycles. The first-order valence-electron chi connectivity index (χ1n) is 11.1. The molecule has 1 heterocycles. The molecule has 0 bridgehead atoms. The van der Waals surface area contributed by atoms with Crippen molar-refractivity contribution >= 4 is 33.7 Å². The normalized spacial score (nSPS) is 12.0. The van der Waals surface area contributed by atoms with E-state index in [-0.39, 0.29) is 11.3 Å². The number of phenolic OH excluding ortho intramolecular Hbond substituents is 1. The van der Waals surface area contributed by atoms with Crippen molar-refractivity contribution < 1.29 is 24.5 Å². The van der Waals surface area contributed by atoms with E-state index < -0.39 is 18.0 Å². The number of carboxylic acids is 1. The van der Waals surface area contributed by atoms with Crippen molar-refractivity contribution in [2.75, 3.05) is 0 Å². The van der Waals surface area contributed by atoms with Crippen LogP contribution in [-0.2, 0) is 11.2 Å². The number of esters is 1. The predicted molar refractivity (Wildman–Crippen MR) is 132 cm³/mol. The maximum atomic E-state index is 12.9. The molecule has 0 amide bonds. The fourth-order valence-electron chi connectivity index (χ4n) is 4.08. The summed E-state index contributed by atoms with van der Waals surface area (Å²) < 4.78 is 5.70. The zero-order chi connectivity index (χ0) is 24.5. The van der Waals surface area contributed by atoms with Gasteiger partial charge in [0.1, 0.15) is 11.9 Å². The second-order valence-electron chi connectivity index (χ2n) is 8.45. The van der Waals surface area contributed by atoms with Crippen molar-refractivity contribution in [2.24, 2.45) is 0 Å². The molecule has 0 spiro atoms. The standard InChI is InChI=1S/C28H22N2O5/c1-16(19-8-9-24-25(13-19)30-15-29-24)35-28(34)21-7-6-20-14-26(31)23(12-22(20)11-21)10-17-2-4-18(5-3-17)27(32)33/h2-9,11-16,31H,10H2,1H3,(H,29,30)(H,32,33). The number of aromatic carboxylic acids is 1. The van der Waals surface area contributed by atoms with E-state index in [1.165, 1.54) is 12.1 Å². The largest absolute Gasteiger partial charge is 0.508 e. The number of hydrogen-bond donors (Lipinski definition) is 3. The summed E-state index contributed by atoms with van der Waals surface area (Å²) >= 11 is 0. The van der Waals surface area contributed by atoms with Crippen LogP contribution in [-0.4, -0.2) is 32.1 Å². The van der Waals surface area contributed by atoms with Crippen molar-refractivity contribution in [3.63, 3.8) is 0 Å². The Hall–Kier alpha value is -4.65. The molecular weight excluding hydrogens is 444 g/mol. The summed E-state index contributed by atoms with van der Waals surface area (Å²) in [4.78, 5) is 31.2. The molecule has 174 valence electrons. The van der Waals surface area contributed by atoms with Gasteiger partial charge in [0.2, 0.25) is 0 Å². The van der Waals surface area contributed by atoms with E-state index in [1.54, 1.807) is 42.7 Å². The molecule has 0 aliphatic rings. The highest BCUT2D eigenvalue weighted by Gasteiger charge is 2.16. The minimum Gasteiger partial charge on any atom is -0.508 e. The molecule has 5 aromatic rings. The summed E-state index contributed by atoms with van der Waals surface area (Å²) in [6.07, 6.45) is 1.59. The Morgan fingerprint density at radius 1 is 0.943 bits per heavy atom. The average molecular weight is 466 g/mol. The van der Waals surface area contributed by atoms with Crippen LogP contribution in [0.25, 0.3) is 21.8 Å². The van der Waals surface area contributed by atoms with Gasteiger partial charge in [0.15, 0.2) is 0 Å². The molecule has 7 nitrogen and oxygen atoms in total. The van der Waals surface area contributed by atoms with Crippen molar-refractivity contribution in [3.8, 4) is 5.75 Å². The molecule has 1 atom stereocenters. The summed E-state index contributed by atoms with van der Waals surface area (Å²) in [7, 11) is 0. The molecule has 0 aliphatic carbocycles. The van der Waals surface area contributed by atoms with Gasteiger partial charge < -0.3 is 19.9 Å². The lowest BCUT2D eigenvalue weighted by molar-refractivity contribution is 0.0338. The third kappa shape index (κ3) is 4.56.